The summed E-state index contributed by atoms with van der Waals surface area (Å²) in [5.74, 6) is -0.707. The molecule has 0 atom stereocenters. The molecule has 0 aromatic heterocycles. The van der Waals surface area contributed by atoms with Gasteiger partial charge in [-0.2, -0.15) is 0 Å². The molecular formula is C13H9Br2NO3. The Morgan fingerprint density at radius 2 is 1.79 bits per heavy atom. The molecule has 0 unspecified atom stereocenters. The van der Waals surface area contributed by atoms with E-state index in [1.807, 2.05) is 0 Å². The standard InChI is InChI=1S/C13H9Br2NO3/c14-7-5-8(12(18)9(15)6-7)13(19)16-10-3-1-2-4-11(10)17/h1-6,17-18H,(H,16,19). The molecular weight excluding hydrogens is 378 g/mol. The third-order valence-electron chi connectivity index (χ3n) is 2.43. The Balaban J connectivity index is 2.33. The van der Waals surface area contributed by atoms with Crippen molar-refractivity contribution in [3.63, 3.8) is 0 Å². The summed E-state index contributed by atoms with van der Waals surface area (Å²) < 4.78 is 1.06. The van der Waals surface area contributed by atoms with Gasteiger partial charge >= 0.3 is 0 Å². The minimum atomic E-state index is -0.513. The first kappa shape index (κ1) is 13.9. The number of halogens is 2. The van der Waals surface area contributed by atoms with Crippen LogP contribution >= 0.6 is 31.9 Å². The highest BCUT2D eigenvalue weighted by Gasteiger charge is 2.16. The van der Waals surface area contributed by atoms with Gasteiger partial charge in [0.25, 0.3) is 5.91 Å². The number of aromatic hydroxyl groups is 2. The van der Waals surface area contributed by atoms with Gasteiger partial charge in [0.15, 0.2) is 0 Å². The van der Waals surface area contributed by atoms with Crippen LogP contribution in [0.25, 0.3) is 0 Å². The zero-order valence-electron chi connectivity index (χ0n) is 9.52. The van der Waals surface area contributed by atoms with Gasteiger partial charge < -0.3 is 15.5 Å². The highest BCUT2D eigenvalue weighted by atomic mass is 79.9. The second-order valence-electron chi connectivity index (χ2n) is 3.76. The van der Waals surface area contributed by atoms with Gasteiger partial charge in [-0.1, -0.05) is 28.1 Å². The summed E-state index contributed by atoms with van der Waals surface area (Å²) in [4.78, 5) is 12.1. The molecule has 1 amide bonds. The smallest absolute Gasteiger partial charge is 0.259 e. The second-order valence-corrected chi connectivity index (χ2v) is 5.53. The fraction of sp³-hybridized carbons (Fsp3) is 0. The van der Waals surface area contributed by atoms with Crippen LogP contribution in [0.4, 0.5) is 5.69 Å². The Labute approximate surface area is 126 Å². The number of amides is 1. The number of benzene rings is 2. The number of hydrogen-bond donors (Lipinski definition) is 3. The van der Waals surface area contributed by atoms with E-state index in [0.717, 1.165) is 0 Å². The van der Waals surface area contributed by atoms with Crippen LogP contribution in [0.5, 0.6) is 11.5 Å². The predicted molar refractivity (Wildman–Crippen MR) is 79.6 cm³/mol. The molecule has 19 heavy (non-hydrogen) atoms. The lowest BCUT2D eigenvalue weighted by Gasteiger charge is -2.09. The second kappa shape index (κ2) is 5.63. The quantitative estimate of drug-likeness (QED) is 0.686. The van der Waals surface area contributed by atoms with Gasteiger partial charge in [0, 0.05) is 4.47 Å². The van der Waals surface area contributed by atoms with E-state index in [2.05, 4.69) is 37.2 Å². The molecule has 0 radical (unpaired) electrons. The van der Waals surface area contributed by atoms with Crippen molar-refractivity contribution in [1.82, 2.24) is 0 Å². The molecule has 4 nitrogen and oxygen atoms in total. The van der Waals surface area contributed by atoms with Crippen LogP contribution in [0.3, 0.4) is 0 Å². The van der Waals surface area contributed by atoms with Crippen molar-refractivity contribution < 1.29 is 15.0 Å². The first-order chi connectivity index (χ1) is 8.99. The maximum atomic E-state index is 12.1. The van der Waals surface area contributed by atoms with Gasteiger partial charge in [0.05, 0.1) is 15.7 Å². The Morgan fingerprint density at radius 3 is 2.47 bits per heavy atom. The molecule has 6 heteroatoms. The number of rotatable bonds is 2. The van der Waals surface area contributed by atoms with E-state index in [9.17, 15) is 15.0 Å². The first-order valence-electron chi connectivity index (χ1n) is 5.26. The highest BCUT2D eigenvalue weighted by Crippen LogP contribution is 2.32. The molecule has 2 aromatic carbocycles. The minimum absolute atomic E-state index is 0.0376. The molecule has 0 aliphatic carbocycles. The van der Waals surface area contributed by atoms with Gasteiger partial charge in [0.1, 0.15) is 11.5 Å². The van der Waals surface area contributed by atoms with Gasteiger partial charge in [-0.05, 0) is 40.2 Å². The molecule has 0 aliphatic rings. The first-order valence-corrected chi connectivity index (χ1v) is 6.85. The molecule has 0 fully saturated rings. The Morgan fingerprint density at radius 1 is 1.11 bits per heavy atom. The van der Waals surface area contributed by atoms with Crippen molar-refractivity contribution in [1.29, 1.82) is 0 Å². The van der Waals surface area contributed by atoms with Crippen LogP contribution in [-0.4, -0.2) is 16.1 Å². The molecule has 0 saturated heterocycles. The predicted octanol–water partition coefficient (Wildman–Crippen LogP) is 3.88. The summed E-state index contributed by atoms with van der Waals surface area (Å²) >= 11 is 6.40. The number of phenolic OH excluding ortho intramolecular Hbond substituents is 2. The average molecular weight is 387 g/mol. The molecule has 2 aromatic rings. The van der Waals surface area contributed by atoms with Crippen LogP contribution in [0.15, 0.2) is 45.3 Å². The lowest BCUT2D eigenvalue weighted by molar-refractivity contribution is 0.102. The number of carbonyl (C=O) groups is 1. The van der Waals surface area contributed by atoms with Crippen LogP contribution < -0.4 is 5.32 Å². The van der Waals surface area contributed by atoms with Crippen molar-refractivity contribution >= 4 is 43.5 Å². The Kier molecular flexibility index (Phi) is 4.11. The lowest BCUT2D eigenvalue weighted by Crippen LogP contribution is -2.12. The molecule has 0 spiro atoms. The summed E-state index contributed by atoms with van der Waals surface area (Å²) in [6.07, 6.45) is 0. The molecule has 98 valence electrons. The van der Waals surface area contributed by atoms with Crippen molar-refractivity contribution in [2.45, 2.75) is 0 Å². The summed E-state index contributed by atoms with van der Waals surface area (Å²) in [6.45, 7) is 0. The number of para-hydroxylation sites is 2. The van der Waals surface area contributed by atoms with Crippen LogP contribution in [0.2, 0.25) is 0 Å². The number of carbonyl (C=O) groups excluding carboxylic acids is 1. The van der Waals surface area contributed by atoms with Crippen molar-refractivity contribution in [2.75, 3.05) is 5.32 Å². The van der Waals surface area contributed by atoms with Crippen molar-refractivity contribution in [3.05, 3.63) is 50.9 Å². The number of anilines is 1. The van der Waals surface area contributed by atoms with E-state index in [4.69, 9.17) is 0 Å². The Hall–Kier alpha value is -1.53. The molecule has 0 bridgehead atoms. The SMILES string of the molecule is O=C(Nc1ccccc1O)c1cc(Br)cc(Br)c1O. The number of hydrogen-bond acceptors (Lipinski definition) is 3. The van der Waals surface area contributed by atoms with Gasteiger partial charge in [0.2, 0.25) is 0 Å². The van der Waals surface area contributed by atoms with Crippen LogP contribution in [-0.2, 0) is 0 Å². The van der Waals surface area contributed by atoms with Gasteiger partial charge in [-0.15, -0.1) is 0 Å². The zero-order valence-corrected chi connectivity index (χ0v) is 12.7. The van der Waals surface area contributed by atoms with E-state index < -0.39 is 5.91 Å². The summed E-state index contributed by atoms with van der Waals surface area (Å²) in [7, 11) is 0. The van der Waals surface area contributed by atoms with E-state index in [1.165, 1.54) is 12.1 Å². The third-order valence-corrected chi connectivity index (χ3v) is 3.49. The largest absolute Gasteiger partial charge is 0.506 e. The molecule has 0 heterocycles. The molecule has 0 aliphatic heterocycles. The number of nitrogens with one attached hydrogen (secondary N) is 1. The maximum absolute atomic E-state index is 12.1. The van der Waals surface area contributed by atoms with Gasteiger partial charge in [-0.3, -0.25) is 4.79 Å². The average Bonchev–Trinajstić information content (AvgIpc) is 2.36. The van der Waals surface area contributed by atoms with E-state index >= 15 is 0 Å². The van der Waals surface area contributed by atoms with E-state index in [-0.39, 0.29) is 22.7 Å². The van der Waals surface area contributed by atoms with Crippen LogP contribution in [0, 0.1) is 0 Å². The van der Waals surface area contributed by atoms with Crippen LogP contribution in [0.1, 0.15) is 10.4 Å². The summed E-state index contributed by atoms with van der Waals surface area (Å²) in [5, 5.41) is 22.0. The van der Waals surface area contributed by atoms with E-state index in [1.54, 1.807) is 24.3 Å². The molecule has 0 saturated carbocycles. The minimum Gasteiger partial charge on any atom is -0.506 e. The fourth-order valence-electron chi connectivity index (χ4n) is 1.51. The zero-order chi connectivity index (χ0) is 14.0. The highest BCUT2D eigenvalue weighted by molar-refractivity contribution is 9.11. The Bertz CT molecular complexity index is 644. The molecule has 3 N–H and O–H groups in total. The van der Waals surface area contributed by atoms with E-state index in [0.29, 0.717) is 8.95 Å². The maximum Gasteiger partial charge on any atom is 0.259 e. The molecule has 2 rings (SSSR count). The summed E-state index contributed by atoms with van der Waals surface area (Å²) in [5.41, 5.74) is 0.382. The lowest BCUT2D eigenvalue weighted by atomic mass is 10.2. The van der Waals surface area contributed by atoms with Gasteiger partial charge in [-0.25, -0.2) is 0 Å². The number of phenols is 2. The van der Waals surface area contributed by atoms with Crippen molar-refractivity contribution in [3.8, 4) is 11.5 Å². The summed E-state index contributed by atoms with van der Waals surface area (Å²) in [6, 6.07) is 9.50. The third kappa shape index (κ3) is 3.08. The topological polar surface area (TPSA) is 69.6 Å². The monoisotopic (exact) mass is 385 g/mol. The van der Waals surface area contributed by atoms with Crippen molar-refractivity contribution in [2.24, 2.45) is 0 Å². The fourth-order valence-corrected chi connectivity index (χ4v) is 2.73. The normalized spacial score (nSPS) is 10.2.